The van der Waals surface area contributed by atoms with Crippen LogP contribution in [0.2, 0.25) is 0 Å². The molecule has 0 aliphatic carbocycles. The highest BCUT2D eigenvalue weighted by atomic mass is 16.9. The van der Waals surface area contributed by atoms with Crippen LogP contribution in [0.15, 0.2) is 0 Å². The first-order chi connectivity index (χ1) is 16.7. The minimum absolute atomic E-state index is 0.130. The summed E-state index contributed by atoms with van der Waals surface area (Å²) in [5, 5.41) is 0. The van der Waals surface area contributed by atoms with Crippen LogP contribution in [-0.2, 0) is 33.2 Å². The van der Waals surface area contributed by atoms with E-state index in [1.165, 1.54) is 70.6 Å². The molecule has 3 saturated heterocycles. The van der Waals surface area contributed by atoms with Gasteiger partial charge in [0, 0.05) is 6.42 Å². The van der Waals surface area contributed by atoms with Gasteiger partial charge in [0.05, 0.1) is 0 Å². The van der Waals surface area contributed by atoms with Crippen molar-refractivity contribution in [1.82, 2.24) is 0 Å². The van der Waals surface area contributed by atoms with E-state index in [1.54, 1.807) is 0 Å². The molecule has 7 nitrogen and oxygen atoms in total. The van der Waals surface area contributed by atoms with E-state index in [2.05, 4.69) is 6.92 Å². The molecule has 3 fully saturated rings. The molecular weight excluding hydrogens is 448 g/mol. The number of rotatable bonds is 16. The minimum atomic E-state index is -0.754. The summed E-state index contributed by atoms with van der Waals surface area (Å²) in [6.07, 6.45) is 15.1. The maximum atomic E-state index is 12.3. The summed E-state index contributed by atoms with van der Waals surface area (Å²) in [4.78, 5) is 12.3. The molecule has 3 rings (SSSR count). The molecule has 0 aromatic carbocycles. The Labute approximate surface area is 212 Å². The number of hydrogen-bond donors (Lipinski definition) is 0. The smallest absolute Gasteiger partial charge is 0.305 e. The normalized spacial score (nSPS) is 30.7. The average Bonchev–Trinajstić information content (AvgIpc) is 3.29. The third-order valence-corrected chi connectivity index (χ3v) is 7.14. The van der Waals surface area contributed by atoms with Crippen LogP contribution in [0.5, 0.6) is 0 Å². The largest absolute Gasteiger partial charge is 0.463 e. The number of carbonyl (C=O) groups is 1. The number of fused-ring (bicyclic) bond motifs is 3. The van der Waals surface area contributed by atoms with Crippen LogP contribution in [0, 0.1) is 0 Å². The van der Waals surface area contributed by atoms with E-state index in [4.69, 9.17) is 28.4 Å². The zero-order valence-electron chi connectivity index (χ0n) is 22.9. The maximum absolute atomic E-state index is 12.3. The molecule has 0 aromatic heterocycles. The Bertz CT molecular complexity index is 635. The van der Waals surface area contributed by atoms with Crippen LogP contribution in [0.4, 0.5) is 0 Å². The van der Waals surface area contributed by atoms with E-state index in [1.807, 2.05) is 27.7 Å². The van der Waals surface area contributed by atoms with Crippen LogP contribution >= 0.6 is 0 Å². The van der Waals surface area contributed by atoms with Gasteiger partial charge in [-0.05, 0) is 34.1 Å². The molecule has 35 heavy (non-hydrogen) atoms. The summed E-state index contributed by atoms with van der Waals surface area (Å²) < 4.78 is 35.8. The van der Waals surface area contributed by atoms with E-state index in [-0.39, 0.29) is 30.9 Å². The van der Waals surface area contributed by atoms with Crippen molar-refractivity contribution in [2.75, 3.05) is 6.61 Å². The number of esters is 1. The lowest BCUT2D eigenvalue weighted by Gasteiger charge is -2.36. The van der Waals surface area contributed by atoms with Crippen molar-refractivity contribution in [1.29, 1.82) is 0 Å². The van der Waals surface area contributed by atoms with Crippen molar-refractivity contribution in [2.45, 2.75) is 167 Å². The van der Waals surface area contributed by atoms with Gasteiger partial charge >= 0.3 is 5.97 Å². The van der Waals surface area contributed by atoms with Crippen molar-refractivity contribution < 1.29 is 33.2 Å². The van der Waals surface area contributed by atoms with E-state index >= 15 is 0 Å². The molecule has 7 heteroatoms. The molecule has 204 valence electrons. The first kappa shape index (κ1) is 28.8. The van der Waals surface area contributed by atoms with Crippen LogP contribution in [0.25, 0.3) is 0 Å². The van der Waals surface area contributed by atoms with Gasteiger partial charge in [0.2, 0.25) is 0 Å². The molecular formula is C28H50O7. The second-order valence-corrected chi connectivity index (χ2v) is 11.4. The van der Waals surface area contributed by atoms with E-state index in [0.29, 0.717) is 6.42 Å². The second kappa shape index (κ2) is 13.7. The number of carbonyl (C=O) groups excluding carboxylic acids is 1. The molecule has 3 heterocycles. The molecule has 0 aromatic rings. The highest BCUT2D eigenvalue weighted by molar-refractivity contribution is 5.69. The van der Waals surface area contributed by atoms with Crippen molar-refractivity contribution in [2.24, 2.45) is 0 Å². The SMILES string of the molecule is CCCCCCCCCCCCCCCC(=O)OC[C@@H]1O[C@@H]2OC(C)(C)O[C@H]2[C@@H]2OC(C)(C)O[C@@H]21. The molecule has 0 unspecified atom stereocenters. The molecule has 0 bridgehead atoms. The van der Waals surface area contributed by atoms with Gasteiger partial charge in [-0.1, -0.05) is 84.0 Å². The highest BCUT2D eigenvalue weighted by Gasteiger charge is 2.60. The molecule has 3 aliphatic heterocycles. The summed E-state index contributed by atoms with van der Waals surface area (Å²) in [6, 6.07) is 0. The number of hydrogen-bond acceptors (Lipinski definition) is 7. The van der Waals surface area contributed by atoms with Crippen LogP contribution in [0.1, 0.15) is 125 Å². The Morgan fingerprint density at radius 3 is 1.74 bits per heavy atom. The Balaban J connectivity index is 1.25. The summed E-state index contributed by atoms with van der Waals surface area (Å²) in [5.41, 5.74) is 0. The van der Waals surface area contributed by atoms with Gasteiger partial charge in [0.25, 0.3) is 0 Å². The maximum Gasteiger partial charge on any atom is 0.305 e. The quantitative estimate of drug-likeness (QED) is 0.180. The molecule has 5 atom stereocenters. The monoisotopic (exact) mass is 498 g/mol. The fourth-order valence-corrected chi connectivity index (χ4v) is 5.36. The fourth-order valence-electron chi connectivity index (χ4n) is 5.36. The Hall–Kier alpha value is -0.730. The zero-order chi connectivity index (χ0) is 25.3. The van der Waals surface area contributed by atoms with Gasteiger partial charge < -0.3 is 28.4 Å². The average molecular weight is 499 g/mol. The van der Waals surface area contributed by atoms with Crippen molar-refractivity contribution in [3.63, 3.8) is 0 Å². The van der Waals surface area contributed by atoms with Crippen LogP contribution < -0.4 is 0 Å². The topological polar surface area (TPSA) is 72.5 Å². The Kier molecular flexibility index (Phi) is 11.3. The first-order valence-corrected chi connectivity index (χ1v) is 14.2. The van der Waals surface area contributed by atoms with Crippen molar-refractivity contribution in [3.8, 4) is 0 Å². The Morgan fingerprint density at radius 2 is 1.14 bits per heavy atom. The Morgan fingerprint density at radius 1 is 0.657 bits per heavy atom. The summed E-state index contributed by atoms with van der Waals surface area (Å²) in [6.45, 7) is 9.86. The van der Waals surface area contributed by atoms with Crippen molar-refractivity contribution in [3.05, 3.63) is 0 Å². The lowest BCUT2D eigenvalue weighted by atomic mass is 9.99. The van der Waals surface area contributed by atoms with E-state index in [9.17, 15) is 4.79 Å². The third kappa shape index (κ3) is 9.26. The number of unbranched alkanes of at least 4 members (excludes halogenated alkanes) is 12. The van der Waals surface area contributed by atoms with Gasteiger partial charge in [-0.2, -0.15) is 0 Å². The predicted molar refractivity (Wildman–Crippen MR) is 134 cm³/mol. The van der Waals surface area contributed by atoms with Gasteiger partial charge in [0.1, 0.15) is 31.0 Å². The lowest BCUT2D eigenvalue weighted by molar-refractivity contribution is -0.242. The van der Waals surface area contributed by atoms with E-state index < -0.39 is 24.0 Å². The first-order valence-electron chi connectivity index (χ1n) is 14.2. The predicted octanol–water partition coefficient (Wildman–Crippen LogP) is 6.41. The number of ether oxygens (including phenoxy) is 6. The van der Waals surface area contributed by atoms with Gasteiger partial charge in [-0.3, -0.25) is 4.79 Å². The third-order valence-electron chi connectivity index (χ3n) is 7.14. The second-order valence-electron chi connectivity index (χ2n) is 11.4. The fraction of sp³-hybridized carbons (Fsp3) is 0.964. The highest BCUT2D eigenvalue weighted by Crippen LogP contribution is 2.44. The molecule has 0 saturated carbocycles. The molecule has 0 N–H and O–H groups in total. The lowest BCUT2D eigenvalue weighted by Crippen LogP contribution is -2.56. The molecule has 0 spiro atoms. The van der Waals surface area contributed by atoms with Crippen LogP contribution in [-0.4, -0.2) is 54.9 Å². The zero-order valence-corrected chi connectivity index (χ0v) is 22.9. The summed E-state index contributed by atoms with van der Waals surface area (Å²) >= 11 is 0. The van der Waals surface area contributed by atoms with Gasteiger partial charge in [0.15, 0.2) is 17.9 Å². The van der Waals surface area contributed by atoms with Crippen LogP contribution in [0.3, 0.4) is 0 Å². The molecule has 3 aliphatic rings. The van der Waals surface area contributed by atoms with Crippen molar-refractivity contribution >= 4 is 5.97 Å². The minimum Gasteiger partial charge on any atom is -0.463 e. The standard InChI is InChI=1S/C28H50O7/c1-6-7-8-9-10-11-12-13-14-15-16-17-18-19-22(29)30-20-21-23-24(33-27(2,3)32-23)25-26(31-21)35-28(4,5)34-25/h21,23-26H,6-20H2,1-5H3/t21-,23+,24+,25-,26+/m0/s1. The summed E-state index contributed by atoms with van der Waals surface area (Å²) in [7, 11) is 0. The van der Waals surface area contributed by atoms with E-state index in [0.717, 1.165) is 12.8 Å². The summed E-state index contributed by atoms with van der Waals surface area (Å²) in [5.74, 6) is -1.69. The molecule has 0 amide bonds. The van der Waals surface area contributed by atoms with Gasteiger partial charge in [-0.25, -0.2) is 0 Å². The van der Waals surface area contributed by atoms with Gasteiger partial charge in [-0.15, -0.1) is 0 Å². The molecule has 0 radical (unpaired) electrons.